The Morgan fingerprint density at radius 1 is 1.16 bits per heavy atom. The minimum atomic E-state index is -2.69. The molecule has 9 heteroatoms. The smallest absolute Gasteiger partial charge is 0.350 e. The average Bonchev–Trinajstić information content (AvgIpc) is 2.56. The van der Waals surface area contributed by atoms with Gasteiger partial charge < -0.3 is 34.5 Å². The normalized spacial score (nSPS) is 32.7. The van der Waals surface area contributed by atoms with Crippen molar-refractivity contribution in [2.75, 3.05) is 0 Å². The molecule has 2 heterocycles. The lowest BCUT2D eigenvalue weighted by Crippen LogP contribution is -2.65. The van der Waals surface area contributed by atoms with Gasteiger partial charge in [0.1, 0.15) is 17.8 Å². The van der Waals surface area contributed by atoms with Crippen molar-refractivity contribution in [1.29, 1.82) is 0 Å². The third kappa shape index (κ3) is 3.25. The van der Waals surface area contributed by atoms with Gasteiger partial charge in [0.2, 0.25) is 0 Å². The summed E-state index contributed by atoms with van der Waals surface area (Å²) in [6.45, 7) is 3.13. The molecule has 1 fully saturated rings. The molecule has 0 radical (unpaired) electrons. The van der Waals surface area contributed by atoms with Gasteiger partial charge in [-0.1, -0.05) is 0 Å². The number of rotatable bonds is 3. The zero-order valence-electron chi connectivity index (χ0n) is 13.4. The lowest BCUT2D eigenvalue weighted by molar-refractivity contribution is -0.515. The van der Waals surface area contributed by atoms with Crippen molar-refractivity contribution in [2.45, 2.75) is 44.2 Å². The maximum atomic E-state index is 11.4. The molecule has 1 aliphatic rings. The molecule has 0 aliphatic carbocycles. The van der Waals surface area contributed by atoms with Crippen LogP contribution in [0.25, 0.3) is 11.0 Å². The number of hydrogen-bond acceptors (Lipinski definition) is 9. The Morgan fingerprint density at radius 3 is 2.60 bits per heavy atom. The molecule has 1 aromatic heterocycles. The molecule has 9 nitrogen and oxygen atoms in total. The number of benzene rings is 1. The van der Waals surface area contributed by atoms with Crippen LogP contribution in [-0.2, 0) is 9.62 Å². The summed E-state index contributed by atoms with van der Waals surface area (Å²) in [5, 5.41) is 40.1. The maximum Gasteiger partial charge on any atom is 0.350 e. The Kier molecular flexibility index (Phi) is 4.54. The number of aryl methyl sites for hydroxylation is 1. The SMILES string of the molecule is Cc1cc(=O)oc2cc(OO[C@]3(O)O[C@H](C)[C@@H](O)[C@H](O)[C@H]3O)ccc12. The van der Waals surface area contributed by atoms with E-state index in [9.17, 15) is 25.2 Å². The van der Waals surface area contributed by atoms with E-state index in [1.54, 1.807) is 13.0 Å². The van der Waals surface area contributed by atoms with Crippen LogP contribution >= 0.6 is 0 Å². The molecular weight excluding hydrogens is 336 g/mol. The molecule has 0 bridgehead atoms. The van der Waals surface area contributed by atoms with Crippen LogP contribution in [0.2, 0.25) is 0 Å². The average molecular weight is 354 g/mol. The number of aliphatic hydroxyl groups excluding tert-OH is 3. The van der Waals surface area contributed by atoms with E-state index in [0.29, 0.717) is 10.9 Å². The highest BCUT2D eigenvalue weighted by molar-refractivity contribution is 5.81. The first-order chi connectivity index (χ1) is 11.7. The largest absolute Gasteiger partial charge is 0.423 e. The first kappa shape index (κ1) is 17.8. The summed E-state index contributed by atoms with van der Waals surface area (Å²) < 4.78 is 10.1. The van der Waals surface area contributed by atoms with Gasteiger partial charge >= 0.3 is 11.6 Å². The molecule has 136 valence electrons. The first-order valence-electron chi connectivity index (χ1n) is 7.56. The lowest BCUT2D eigenvalue weighted by atomic mass is 9.99. The first-order valence-corrected chi connectivity index (χ1v) is 7.56. The third-order valence-electron chi connectivity index (χ3n) is 4.06. The van der Waals surface area contributed by atoms with Gasteiger partial charge in [-0.3, -0.25) is 0 Å². The van der Waals surface area contributed by atoms with Crippen molar-refractivity contribution >= 4 is 11.0 Å². The van der Waals surface area contributed by atoms with Crippen molar-refractivity contribution in [3.8, 4) is 5.75 Å². The van der Waals surface area contributed by atoms with Crippen LogP contribution in [-0.4, -0.2) is 50.8 Å². The summed E-state index contributed by atoms with van der Waals surface area (Å²) in [5.74, 6) is -2.64. The molecule has 1 aromatic carbocycles. The number of ether oxygens (including phenoxy) is 1. The number of fused-ring (bicyclic) bond motifs is 1. The molecule has 0 amide bonds. The summed E-state index contributed by atoms with van der Waals surface area (Å²) in [4.78, 5) is 21.1. The van der Waals surface area contributed by atoms with E-state index in [1.165, 1.54) is 25.1 Å². The second-order valence-corrected chi connectivity index (χ2v) is 5.95. The molecule has 0 spiro atoms. The molecular formula is C16H18O9. The molecule has 2 aromatic rings. The minimum Gasteiger partial charge on any atom is -0.423 e. The van der Waals surface area contributed by atoms with Crippen molar-refractivity contribution in [1.82, 2.24) is 0 Å². The van der Waals surface area contributed by atoms with Crippen molar-refractivity contribution in [3.05, 3.63) is 40.2 Å². The van der Waals surface area contributed by atoms with Crippen LogP contribution in [0, 0.1) is 6.92 Å². The zero-order valence-corrected chi connectivity index (χ0v) is 13.4. The standard InChI is InChI=1S/C16H18O9/c1-7-5-12(17)22-11-6-9(3-4-10(7)11)24-25-16(21)15(20)14(19)13(18)8(2)23-16/h3-6,8,13-15,18-21H,1-2H3/t8-,13-,14+,15-,16-/m1/s1. The van der Waals surface area contributed by atoms with Gasteiger partial charge in [0, 0.05) is 17.5 Å². The third-order valence-corrected chi connectivity index (χ3v) is 4.06. The fraction of sp³-hybridized carbons (Fsp3) is 0.438. The summed E-state index contributed by atoms with van der Waals surface area (Å²) >= 11 is 0. The zero-order chi connectivity index (χ0) is 18.4. The van der Waals surface area contributed by atoms with Crippen molar-refractivity contribution in [3.63, 3.8) is 0 Å². The van der Waals surface area contributed by atoms with E-state index in [2.05, 4.69) is 0 Å². The molecule has 25 heavy (non-hydrogen) atoms. The van der Waals surface area contributed by atoms with Crippen molar-refractivity contribution < 1.29 is 39.4 Å². The van der Waals surface area contributed by atoms with E-state index in [0.717, 1.165) is 0 Å². The molecule has 1 aliphatic heterocycles. The van der Waals surface area contributed by atoms with E-state index in [-0.39, 0.29) is 11.3 Å². The molecule has 3 rings (SSSR count). The van der Waals surface area contributed by atoms with Crippen LogP contribution in [0.15, 0.2) is 33.5 Å². The monoisotopic (exact) mass is 354 g/mol. The predicted octanol–water partition coefficient (Wildman–Crippen LogP) is -0.441. The fourth-order valence-electron chi connectivity index (χ4n) is 2.62. The Hall–Kier alpha value is -2.01. The number of aliphatic hydroxyl groups is 4. The van der Waals surface area contributed by atoms with Gasteiger partial charge in [0.25, 0.3) is 0 Å². The van der Waals surface area contributed by atoms with Crippen LogP contribution in [0.3, 0.4) is 0 Å². The van der Waals surface area contributed by atoms with Gasteiger partial charge in [-0.2, -0.15) is 0 Å². The van der Waals surface area contributed by atoms with E-state index < -0.39 is 36.0 Å². The lowest BCUT2D eigenvalue weighted by Gasteiger charge is -2.42. The van der Waals surface area contributed by atoms with E-state index in [4.69, 9.17) is 18.9 Å². The van der Waals surface area contributed by atoms with Crippen LogP contribution < -0.4 is 10.5 Å². The van der Waals surface area contributed by atoms with Gasteiger partial charge in [-0.25, -0.2) is 4.79 Å². The predicted molar refractivity (Wildman–Crippen MR) is 82.5 cm³/mol. The van der Waals surface area contributed by atoms with Gasteiger partial charge in [0.15, 0.2) is 11.9 Å². The van der Waals surface area contributed by atoms with E-state index in [1.807, 2.05) is 0 Å². The topological polar surface area (TPSA) is 139 Å². The second-order valence-electron chi connectivity index (χ2n) is 5.95. The Bertz CT molecular complexity index is 832. The molecule has 1 saturated heterocycles. The number of hydrogen-bond donors (Lipinski definition) is 4. The molecule has 5 atom stereocenters. The molecule has 0 saturated carbocycles. The highest BCUT2D eigenvalue weighted by atomic mass is 17.3. The van der Waals surface area contributed by atoms with Crippen molar-refractivity contribution in [2.24, 2.45) is 0 Å². The summed E-state index contributed by atoms with van der Waals surface area (Å²) in [7, 11) is 0. The van der Waals surface area contributed by atoms with Crippen LogP contribution in [0.5, 0.6) is 5.75 Å². The Labute approximate surface area is 141 Å². The highest BCUT2D eigenvalue weighted by Gasteiger charge is 2.54. The summed E-state index contributed by atoms with van der Waals surface area (Å²) in [6.07, 6.45) is -6.10. The highest BCUT2D eigenvalue weighted by Crippen LogP contribution is 2.30. The van der Waals surface area contributed by atoms with E-state index >= 15 is 0 Å². The molecule has 0 unspecified atom stereocenters. The summed E-state index contributed by atoms with van der Waals surface area (Å²) in [6, 6.07) is 5.82. The van der Waals surface area contributed by atoms with Gasteiger partial charge in [-0.05, 0) is 31.5 Å². The quantitative estimate of drug-likeness (QED) is 0.250. The maximum absolute atomic E-state index is 11.4. The molecule has 4 N–H and O–H groups in total. The van der Waals surface area contributed by atoms with Gasteiger partial charge in [-0.15, -0.1) is 4.89 Å². The Balaban J connectivity index is 1.81. The summed E-state index contributed by atoms with van der Waals surface area (Å²) in [5.41, 5.74) is 0.431. The Morgan fingerprint density at radius 2 is 1.88 bits per heavy atom. The minimum absolute atomic E-state index is 0.0544. The van der Waals surface area contributed by atoms with Crippen LogP contribution in [0.1, 0.15) is 12.5 Å². The second kappa shape index (κ2) is 6.37. The van der Waals surface area contributed by atoms with Gasteiger partial charge in [0.05, 0.1) is 6.10 Å². The fourth-order valence-corrected chi connectivity index (χ4v) is 2.62. The van der Waals surface area contributed by atoms with Crippen LogP contribution in [0.4, 0.5) is 0 Å².